The molecule has 0 spiro atoms. The van der Waals surface area contributed by atoms with Gasteiger partial charge in [0.2, 0.25) is 5.88 Å². The maximum Gasteiger partial charge on any atom is 0.271 e. The van der Waals surface area contributed by atoms with Crippen molar-refractivity contribution in [3.8, 4) is 23.1 Å². The number of amides is 5. The van der Waals surface area contributed by atoms with E-state index in [1.165, 1.54) is 58.8 Å². The second-order valence-electron chi connectivity index (χ2n) is 29.4. The zero-order valence-corrected chi connectivity index (χ0v) is 78.5. The van der Waals surface area contributed by atoms with E-state index < -0.39 is 0 Å². The summed E-state index contributed by atoms with van der Waals surface area (Å²) >= 11 is 6.73. The standard InChI is InChI=1S/4C22H17N3O2S.C21H15N3OS/c1-27-19-12-16(14-23-15-19)13-20-21(26)25(18-10-6-3-7-11-18)22(28-20)24-17-8-4-2-5-9-17;1-27-20-13-12-16(15-23-20)14-19-21(26)25(18-10-6-3-7-11-18)22(28-19)24-17-8-4-2-5-9-17;1-27-19-12-13-23-17(14-19)15-20-21(26)25(18-10-6-3-7-11-18)22(28-20)24-16-8-4-2-5-9-16;1-27-19-13-12-17(23-15-19)14-20-21(26)25(18-10-6-3-7-11-18)22(28-20)24-16-8-4-2-5-9-16;25-20-19(14-16-8-7-13-22-15-16)26-21(23-17-9-3-1-4-10-17)24(20)18-11-5-2-6-12-18/h4*2-15H,1H3;1-15H/b20-13-,24-22?;19-14-,24-22?;20-15-,24-22?;20-14-,24-22?;19-14-,23-21?. The van der Waals surface area contributed by atoms with Crippen LogP contribution in [-0.2, 0) is 24.0 Å². The van der Waals surface area contributed by atoms with Crippen molar-refractivity contribution in [1.29, 1.82) is 0 Å². The van der Waals surface area contributed by atoms with Crippen LogP contribution in [0.25, 0.3) is 30.4 Å². The zero-order valence-electron chi connectivity index (χ0n) is 74.4. The van der Waals surface area contributed by atoms with Crippen LogP contribution >= 0.6 is 58.8 Å². The minimum atomic E-state index is -0.129. The van der Waals surface area contributed by atoms with Crippen LogP contribution in [0.1, 0.15) is 28.1 Å². The smallest absolute Gasteiger partial charge is 0.271 e. The number of aliphatic imine (C=N–C) groups is 5. The van der Waals surface area contributed by atoms with Gasteiger partial charge in [-0.1, -0.05) is 188 Å². The number of nitrogens with zero attached hydrogens (tertiary/aromatic N) is 15. The molecule has 10 aromatic carbocycles. The third-order valence-electron chi connectivity index (χ3n) is 20.1. The van der Waals surface area contributed by atoms with Crippen molar-refractivity contribution in [3.05, 3.63) is 454 Å². The van der Waals surface area contributed by atoms with Gasteiger partial charge in [0.1, 0.15) is 17.2 Å². The van der Waals surface area contributed by atoms with Gasteiger partial charge in [0.05, 0.1) is 134 Å². The lowest BCUT2D eigenvalue weighted by Gasteiger charge is -2.15. The lowest BCUT2D eigenvalue weighted by molar-refractivity contribution is -0.114. The van der Waals surface area contributed by atoms with Gasteiger partial charge < -0.3 is 18.9 Å². The van der Waals surface area contributed by atoms with Crippen molar-refractivity contribution in [1.82, 2.24) is 24.9 Å². The fourth-order valence-electron chi connectivity index (χ4n) is 13.5. The van der Waals surface area contributed by atoms with Gasteiger partial charge in [0, 0.05) is 43.1 Å². The molecule has 0 N–H and O–H groups in total. The molecule has 0 atom stereocenters. The van der Waals surface area contributed by atoms with Gasteiger partial charge in [-0.2, -0.15) is 0 Å². The predicted octanol–water partition coefficient (Wildman–Crippen LogP) is 24.5. The Kier molecular flexibility index (Phi) is 32.4. The van der Waals surface area contributed by atoms with E-state index in [1.54, 1.807) is 127 Å². The Balaban J connectivity index is 0.000000125. The van der Waals surface area contributed by atoms with E-state index in [9.17, 15) is 24.0 Å². The molecular formula is C109H83N15O9S5. The van der Waals surface area contributed by atoms with Gasteiger partial charge >= 0.3 is 0 Å². The van der Waals surface area contributed by atoms with E-state index in [1.807, 2.05) is 358 Å². The number of thioether (sulfide) groups is 5. The molecule has 29 heteroatoms. The number of aromatic nitrogens is 5. The number of hydrogen-bond donors (Lipinski definition) is 0. The number of amidine groups is 5. The third kappa shape index (κ3) is 24.8. The average Bonchev–Trinajstić information content (AvgIpc) is 1.66. The number of carbonyl (C=O) groups excluding carboxylic acids is 5. The first-order chi connectivity index (χ1) is 67.8. The maximum absolute atomic E-state index is 13.2. The minimum Gasteiger partial charge on any atom is -0.497 e. The summed E-state index contributed by atoms with van der Waals surface area (Å²) in [6.45, 7) is 0. The molecule has 0 unspecified atom stereocenters. The lowest BCUT2D eigenvalue weighted by atomic mass is 10.2. The summed E-state index contributed by atoms with van der Waals surface area (Å²) < 4.78 is 20.7. The van der Waals surface area contributed by atoms with Crippen LogP contribution in [-0.4, -0.2) is 109 Å². The molecule has 10 heterocycles. The maximum atomic E-state index is 13.2. The quantitative estimate of drug-likeness (QED) is 0.0681. The summed E-state index contributed by atoms with van der Waals surface area (Å²) in [7, 11) is 6.35. The number of hydrogen-bond acceptors (Lipinski definition) is 24. The van der Waals surface area contributed by atoms with Gasteiger partial charge in [-0.3, -0.25) is 68.4 Å². The minimum absolute atomic E-state index is 0.0836. The van der Waals surface area contributed by atoms with Crippen molar-refractivity contribution in [2.24, 2.45) is 25.0 Å². The molecule has 0 radical (unpaired) electrons. The van der Waals surface area contributed by atoms with E-state index >= 15 is 0 Å². The molecule has 5 saturated heterocycles. The first-order valence-corrected chi connectivity index (χ1v) is 46.9. The largest absolute Gasteiger partial charge is 0.497 e. The first kappa shape index (κ1) is 94.5. The van der Waals surface area contributed by atoms with Crippen molar-refractivity contribution in [2.75, 3.05) is 52.9 Å². The first-order valence-electron chi connectivity index (χ1n) is 42.8. The molecule has 0 aliphatic carbocycles. The Hall–Kier alpha value is -16.7. The molecule has 5 aliphatic heterocycles. The van der Waals surface area contributed by atoms with E-state index in [-0.39, 0.29) is 29.5 Å². The monoisotopic (exact) mass is 1910 g/mol. The number of benzene rings is 10. The van der Waals surface area contributed by atoms with Crippen LogP contribution in [0.15, 0.2) is 451 Å². The van der Waals surface area contributed by atoms with Crippen molar-refractivity contribution in [3.63, 3.8) is 0 Å². The third-order valence-corrected chi connectivity index (χ3v) is 24.9. The Labute approximate surface area is 818 Å². The number of para-hydroxylation sites is 10. The summed E-state index contributed by atoms with van der Waals surface area (Å²) in [6, 6.07) is 112. The number of anilines is 5. The topological polar surface area (TPSA) is 265 Å². The summed E-state index contributed by atoms with van der Waals surface area (Å²) in [5.41, 5.74) is 11.8. The molecule has 678 valence electrons. The molecule has 5 aromatic heterocycles. The molecule has 24 nitrogen and oxygen atoms in total. The number of methoxy groups -OCH3 is 4. The molecular weight excluding hydrogens is 1820 g/mol. The second kappa shape index (κ2) is 47.3. The molecule has 15 aromatic rings. The Morgan fingerprint density at radius 1 is 0.239 bits per heavy atom. The van der Waals surface area contributed by atoms with Gasteiger partial charge in [-0.05, 0) is 264 Å². The zero-order chi connectivity index (χ0) is 95.2. The highest BCUT2D eigenvalue weighted by Gasteiger charge is 2.40. The lowest BCUT2D eigenvalue weighted by Crippen LogP contribution is -2.28. The summed E-state index contributed by atoms with van der Waals surface area (Å²) in [5.74, 6) is 1.97. The average molecular weight is 1910 g/mol. The highest BCUT2D eigenvalue weighted by molar-refractivity contribution is 8.20. The molecule has 20 rings (SSSR count). The number of carbonyl (C=O) groups is 5. The SMILES string of the molecule is COc1ccc(/C=C2\SC(=Nc3ccccc3)N(c3ccccc3)C2=O)cn1.COc1ccc(/C=C2\SC(=Nc3ccccc3)N(c3ccccc3)C2=O)nc1.COc1ccnc(/C=C2\SC(=Nc3ccccc3)N(c3ccccc3)C2=O)c1.COc1cncc(/C=C2\SC(=Nc3ccccc3)N(c3ccccc3)C2=O)c1.O=C1/C(=C/c2cccnc2)SC(=Nc2ccccc2)N1c1ccccc1. The molecule has 138 heavy (non-hydrogen) atoms. The van der Waals surface area contributed by atoms with E-state index in [4.69, 9.17) is 33.9 Å². The molecule has 5 amide bonds. The fraction of sp³-hybridized carbons (Fsp3) is 0.0367. The van der Waals surface area contributed by atoms with Crippen LogP contribution in [0, 0.1) is 0 Å². The van der Waals surface area contributed by atoms with Crippen molar-refractivity contribution in [2.45, 2.75) is 0 Å². The van der Waals surface area contributed by atoms with Crippen LogP contribution in [0.2, 0.25) is 0 Å². The highest BCUT2D eigenvalue weighted by atomic mass is 32.2. The molecule has 0 bridgehead atoms. The van der Waals surface area contributed by atoms with Crippen LogP contribution in [0.4, 0.5) is 56.9 Å². The van der Waals surface area contributed by atoms with Gasteiger partial charge in [0.25, 0.3) is 29.5 Å². The molecule has 0 saturated carbocycles. The van der Waals surface area contributed by atoms with Crippen molar-refractivity contribution < 1.29 is 42.9 Å². The Morgan fingerprint density at radius 2 is 0.558 bits per heavy atom. The van der Waals surface area contributed by atoms with Crippen LogP contribution < -0.4 is 43.4 Å². The number of ether oxygens (including phenoxy) is 4. The number of rotatable bonds is 19. The predicted molar refractivity (Wildman–Crippen MR) is 563 cm³/mol. The van der Waals surface area contributed by atoms with E-state index in [0.717, 1.165) is 73.6 Å². The van der Waals surface area contributed by atoms with E-state index in [0.29, 0.717) is 84.9 Å². The van der Waals surface area contributed by atoms with Gasteiger partial charge in [-0.15, -0.1) is 0 Å². The van der Waals surface area contributed by atoms with E-state index in [2.05, 4.69) is 34.9 Å². The summed E-state index contributed by atoms with van der Waals surface area (Å²) in [5, 5.41) is 3.10. The Bertz CT molecular complexity index is 6770. The second-order valence-corrected chi connectivity index (χ2v) is 34.5. The molecule has 5 aliphatic rings. The van der Waals surface area contributed by atoms with Crippen LogP contribution in [0.5, 0.6) is 23.1 Å². The van der Waals surface area contributed by atoms with Crippen LogP contribution in [0.3, 0.4) is 0 Å². The summed E-state index contributed by atoms with van der Waals surface area (Å²) in [4.78, 5) is 121. The number of pyridine rings is 5. The Morgan fingerprint density at radius 3 is 0.862 bits per heavy atom. The van der Waals surface area contributed by atoms with Crippen molar-refractivity contribution >= 4 is 201 Å². The van der Waals surface area contributed by atoms with Gasteiger partial charge in [0.15, 0.2) is 25.8 Å². The normalized spacial score (nSPS) is 16.8. The summed E-state index contributed by atoms with van der Waals surface area (Å²) in [6.07, 6.45) is 20.8. The fourth-order valence-corrected chi connectivity index (χ4v) is 18.4. The highest BCUT2D eigenvalue weighted by Crippen LogP contribution is 2.44. The van der Waals surface area contributed by atoms with Gasteiger partial charge in [-0.25, -0.2) is 29.9 Å². The molecule has 5 fully saturated rings.